The van der Waals surface area contributed by atoms with Gasteiger partial charge >= 0.3 is 35.8 Å². The van der Waals surface area contributed by atoms with Crippen LogP contribution in [0.25, 0.3) is 0 Å². The van der Waals surface area contributed by atoms with Gasteiger partial charge in [-0.2, -0.15) is 0 Å². The summed E-state index contributed by atoms with van der Waals surface area (Å²) in [5.74, 6) is -5.41. The second-order valence-electron chi connectivity index (χ2n) is 10.5. The standard InChI is InChI=1S/C26H48N6O12/c1-27(9-11-31(15-21(33)34)16-22(35)36)5-7-29(3)19-25(41)43-13-14-44-26(42)20-30(4)8-6-28(2)10-12-32(17-23(37)38)18-24(39)40/h5-20H2,1-4H3,(H,33,34)(H,35,36)(H,37,38)(H,39,40). The minimum absolute atomic E-state index is 0.00652. The molecule has 254 valence electrons. The molecule has 0 spiro atoms. The lowest BCUT2D eigenvalue weighted by Crippen LogP contribution is -2.41. The van der Waals surface area contributed by atoms with Crippen molar-refractivity contribution in [2.45, 2.75) is 0 Å². The minimum Gasteiger partial charge on any atom is -0.480 e. The van der Waals surface area contributed by atoms with Gasteiger partial charge in [-0.1, -0.05) is 0 Å². The second kappa shape index (κ2) is 23.0. The Labute approximate surface area is 257 Å². The summed E-state index contributed by atoms with van der Waals surface area (Å²) >= 11 is 0. The molecule has 4 N–H and O–H groups in total. The summed E-state index contributed by atoms with van der Waals surface area (Å²) in [6.45, 7) is 1.85. The molecule has 0 bridgehead atoms. The molecule has 0 aliphatic rings. The first-order valence-corrected chi connectivity index (χ1v) is 13.9. The van der Waals surface area contributed by atoms with E-state index < -0.39 is 35.8 Å². The van der Waals surface area contributed by atoms with Crippen LogP contribution in [0.5, 0.6) is 0 Å². The van der Waals surface area contributed by atoms with Gasteiger partial charge < -0.3 is 39.7 Å². The summed E-state index contributed by atoms with van der Waals surface area (Å²) in [4.78, 5) is 77.6. The topological polar surface area (TPSA) is 221 Å². The van der Waals surface area contributed by atoms with Crippen molar-refractivity contribution in [3.05, 3.63) is 0 Å². The Kier molecular flexibility index (Phi) is 21.2. The quantitative estimate of drug-likeness (QED) is 0.0513. The van der Waals surface area contributed by atoms with Gasteiger partial charge in [-0.15, -0.1) is 0 Å². The van der Waals surface area contributed by atoms with Crippen LogP contribution in [0.2, 0.25) is 0 Å². The summed E-state index contributed by atoms with van der Waals surface area (Å²) in [5.41, 5.74) is 0. The third-order valence-electron chi connectivity index (χ3n) is 6.17. The van der Waals surface area contributed by atoms with Crippen LogP contribution in [0.15, 0.2) is 0 Å². The van der Waals surface area contributed by atoms with Crippen molar-refractivity contribution in [1.29, 1.82) is 0 Å². The lowest BCUT2D eigenvalue weighted by molar-refractivity contribution is -0.153. The van der Waals surface area contributed by atoms with E-state index in [1.807, 2.05) is 9.80 Å². The fourth-order valence-corrected chi connectivity index (χ4v) is 3.73. The largest absolute Gasteiger partial charge is 0.480 e. The van der Waals surface area contributed by atoms with Gasteiger partial charge in [0.1, 0.15) is 13.2 Å². The van der Waals surface area contributed by atoms with Crippen LogP contribution in [0, 0.1) is 0 Å². The van der Waals surface area contributed by atoms with Gasteiger partial charge in [0.2, 0.25) is 0 Å². The van der Waals surface area contributed by atoms with Gasteiger partial charge in [-0.3, -0.25) is 48.4 Å². The number of carbonyl (C=O) groups excluding carboxylic acids is 2. The number of rotatable bonds is 27. The van der Waals surface area contributed by atoms with Crippen molar-refractivity contribution in [3.8, 4) is 0 Å². The average Bonchev–Trinajstić information content (AvgIpc) is 2.89. The van der Waals surface area contributed by atoms with Crippen LogP contribution in [-0.2, 0) is 38.2 Å². The lowest BCUT2D eigenvalue weighted by atomic mass is 10.4. The maximum Gasteiger partial charge on any atom is 0.320 e. The van der Waals surface area contributed by atoms with Gasteiger partial charge in [0.15, 0.2) is 0 Å². The number of esters is 2. The molecule has 18 nitrogen and oxygen atoms in total. The smallest absolute Gasteiger partial charge is 0.320 e. The third kappa shape index (κ3) is 24.1. The van der Waals surface area contributed by atoms with E-state index in [1.165, 1.54) is 9.80 Å². The van der Waals surface area contributed by atoms with Crippen LogP contribution in [0.1, 0.15) is 0 Å². The molecule has 0 aromatic carbocycles. The zero-order valence-corrected chi connectivity index (χ0v) is 26.1. The second-order valence-corrected chi connectivity index (χ2v) is 10.5. The van der Waals surface area contributed by atoms with Crippen LogP contribution < -0.4 is 0 Å². The zero-order chi connectivity index (χ0) is 33.7. The monoisotopic (exact) mass is 636 g/mol. The Hall–Kier alpha value is -3.42. The van der Waals surface area contributed by atoms with Crippen LogP contribution in [0.3, 0.4) is 0 Å². The molecule has 0 aliphatic carbocycles. The lowest BCUT2D eigenvalue weighted by Gasteiger charge is -2.24. The Morgan fingerprint density at radius 2 is 0.659 bits per heavy atom. The normalized spacial score (nSPS) is 11.6. The molecule has 0 aromatic heterocycles. The number of hydrogen-bond acceptors (Lipinski definition) is 14. The van der Waals surface area contributed by atoms with Crippen molar-refractivity contribution in [3.63, 3.8) is 0 Å². The summed E-state index contributed by atoms with van der Waals surface area (Å²) in [6.07, 6.45) is 0. The molecule has 0 unspecified atom stereocenters. The van der Waals surface area contributed by atoms with Crippen LogP contribution in [-0.4, -0.2) is 219 Å². The number of carboxylic acid groups (broad SMARTS) is 4. The van der Waals surface area contributed by atoms with Gasteiger partial charge in [-0.25, -0.2) is 0 Å². The van der Waals surface area contributed by atoms with E-state index in [0.717, 1.165) is 0 Å². The number of carbonyl (C=O) groups is 6. The molecule has 0 aromatic rings. The molecule has 0 heterocycles. The average molecular weight is 637 g/mol. The van der Waals surface area contributed by atoms with Crippen molar-refractivity contribution in [2.24, 2.45) is 0 Å². The molecular formula is C26H48N6O12. The summed E-state index contributed by atoms with van der Waals surface area (Å²) < 4.78 is 10.2. The van der Waals surface area contributed by atoms with Crippen molar-refractivity contribution in [2.75, 3.05) is 133 Å². The molecule has 0 amide bonds. The minimum atomic E-state index is -1.10. The molecule has 0 rings (SSSR count). The predicted molar refractivity (Wildman–Crippen MR) is 155 cm³/mol. The van der Waals surface area contributed by atoms with E-state index in [9.17, 15) is 28.8 Å². The molecule has 0 saturated heterocycles. The first kappa shape index (κ1) is 40.6. The van der Waals surface area contributed by atoms with Gasteiger partial charge in [0.05, 0.1) is 39.3 Å². The van der Waals surface area contributed by atoms with Crippen LogP contribution in [0.4, 0.5) is 0 Å². The zero-order valence-electron chi connectivity index (χ0n) is 26.1. The first-order valence-electron chi connectivity index (χ1n) is 13.9. The molecule has 0 radical (unpaired) electrons. The maximum atomic E-state index is 12.1. The maximum absolute atomic E-state index is 12.1. The Morgan fingerprint density at radius 1 is 0.409 bits per heavy atom. The number of nitrogens with zero attached hydrogens (tertiary/aromatic N) is 6. The van der Waals surface area contributed by atoms with E-state index in [2.05, 4.69) is 0 Å². The van der Waals surface area contributed by atoms with Crippen molar-refractivity contribution in [1.82, 2.24) is 29.4 Å². The number of carboxylic acids is 4. The highest BCUT2D eigenvalue weighted by molar-refractivity contribution is 5.73. The highest BCUT2D eigenvalue weighted by Gasteiger charge is 2.16. The summed E-state index contributed by atoms with van der Waals surface area (Å²) in [5, 5.41) is 35.6. The fourth-order valence-electron chi connectivity index (χ4n) is 3.73. The van der Waals surface area contributed by atoms with E-state index in [0.29, 0.717) is 39.3 Å². The van der Waals surface area contributed by atoms with E-state index in [-0.39, 0.29) is 65.6 Å². The number of likely N-dealkylation sites (N-methyl/N-ethyl adjacent to an activating group) is 4. The molecule has 0 aliphatic heterocycles. The van der Waals surface area contributed by atoms with Gasteiger partial charge in [-0.05, 0) is 28.2 Å². The van der Waals surface area contributed by atoms with E-state index >= 15 is 0 Å². The van der Waals surface area contributed by atoms with Gasteiger partial charge in [0, 0.05) is 52.4 Å². The van der Waals surface area contributed by atoms with E-state index in [4.69, 9.17) is 29.9 Å². The Bertz CT molecular complexity index is 820. The highest BCUT2D eigenvalue weighted by atomic mass is 16.6. The van der Waals surface area contributed by atoms with Crippen LogP contribution >= 0.6 is 0 Å². The van der Waals surface area contributed by atoms with Crippen molar-refractivity contribution >= 4 is 35.8 Å². The van der Waals surface area contributed by atoms with E-state index in [1.54, 1.807) is 38.0 Å². The Morgan fingerprint density at radius 3 is 0.932 bits per heavy atom. The summed E-state index contributed by atoms with van der Waals surface area (Å²) in [7, 11) is 7.06. The summed E-state index contributed by atoms with van der Waals surface area (Å²) in [6, 6.07) is 0. The SMILES string of the molecule is CN(CCN(C)CC(=O)OCCOC(=O)CN(C)CCN(C)CCN(CC(=O)O)CC(=O)O)CCN(CC(=O)O)CC(=O)O. The molecule has 0 saturated carbocycles. The third-order valence-corrected chi connectivity index (χ3v) is 6.17. The Balaban J connectivity index is 4.12. The van der Waals surface area contributed by atoms with Crippen molar-refractivity contribution < 1.29 is 58.7 Å². The molecule has 44 heavy (non-hydrogen) atoms. The molecule has 18 heteroatoms. The molecule has 0 atom stereocenters. The number of aliphatic carboxylic acids is 4. The van der Waals surface area contributed by atoms with Gasteiger partial charge in [0.25, 0.3) is 0 Å². The number of hydrogen-bond donors (Lipinski definition) is 4. The number of ether oxygens (including phenoxy) is 2. The molecule has 0 fully saturated rings. The highest BCUT2D eigenvalue weighted by Crippen LogP contribution is 1.96. The fraction of sp³-hybridized carbons (Fsp3) is 0.769. The predicted octanol–water partition coefficient (Wildman–Crippen LogP) is -3.26. The molecular weight excluding hydrogens is 588 g/mol. The first-order chi connectivity index (χ1) is 20.6.